The van der Waals surface area contributed by atoms with Gasteiger partial charge in [-0.2, -0.15) is 0 Å². The Labute approximate surface area is 82.2 Å². The summed E-state index contributed by atoms with van der Waals surface area (Å²) in [5.41, 5.74) is 0.815. The number of hydrogen-bond acceptors (Lipinski definition) is 3. The normalized spacial score (nSPS) is 12.8. The zero-order valence-electron chi connectivity index (χ0n) is 7.78. The number of hydrogen-bond donors (Lipinski definition) is 3. The number of benzene rings is 1. The number of nitrogens with one attached hydrogen (secondary N) is 1. The maximum absolute atomic E-state index is 12.7. The Hall–Kier alpha value is -0.970. The molecule has 3 nitrogen and oxygen atoms in total. The molecule has 14 heavy (non-hydrogen) atoms. The van der Waals surface area contributed by atoms with E-state index in [1.807, 2.05) is 0 Å². The molecular weight excluding hydrogens is 185 g/mol. The summed E-state index contributed by atoms with van der Waals surface area (Å²) in [4.78, 5) is 0. The second-order valence-electron chi connectivity index (χ2n) is 3.10. The monoisotopic (exact) mass is 199 g/mol. The van der Waals surface area contributed by atoms with Gasteiger partial charge in [0, 0.05) is 13.1 Å². The molecule has 1 atom stereocenters. The summed E-state index contributed by atoms with van der Waals surface area (Å²) in [5, 5.41) is 20.4. The van der Waals surface area contributed by atoms with Crippen molar-refractivity contribution in [2.45, 2.75) is 12.6 Å². The molecule has 0 bridgehead atoms. The zero-order valence-corrected chi connectivity index (χ0v) is 7.78. The molecule has 0 spiro atoms. The molecule has 0 aliphatic rings. The topological polar surface area (TPSA) is 52.5 Å². The van der Waals surface area contributed by atoms with Gasteiger partial charge in [-0.25, -0.2) is 4.39 Å². The van der Waals surface area contributed by atoms with E-state index in [1.165, 1.54) is 12.1 Å². The summed E-state index contributed by atoms with van der Waals surface area (Å²) in [6.07, 6.45) is -0.761. The lowest BCUT2D eigenvalue weighted by atomic mass is 10.2. The van der Waals surface area contributed by atoms with Crippen LogP contribution in [-0.2, 0) is 6.54 Å². The lowest BCUT2D eigenvalue weighted by Crippen LogP contribution is -2.28. The molecule has 0 unspecified atom stereocenters. The average molecular weight is 199 g/mol. The van der Waals surface area contributed by atoms with E-state index in [4.69, 9.17) is 10.2 Å². The van der Waals surface area contributed by atoms with Crippen molar-refractivity contribution < 1.29 is 14.6 Å². The van der Waals surface area contributed by atoms with Crippen LogP contribution in [0.2, 0.25) is 0 Å². The molecule has 0 radical (unpaired) electrons. The summed E-state index contributed by atoms with van der Waals surface area (Å²) in [6, 6.07) is 6.24. The quantitative estimate of drug-likeness (QED) is 0.638. The van der Waals surface area contributed by atoms with Gasteiger partial charge in [0.05, 0.1) is 12.7 Å². The highest BCUT2D eigenvalue weighted by Crippen LogP contribution is 2.02. The minimum Gasteiger partial charge on any atom is -0.394 e. The molecule has 3 N–H and O–H groups in total. The molecule has 0 fully saturated rings. The first kappa shape index (κ1) is 11.1. The van der Waals surface area contributed by atoms with Crippen molar-refractivity contribution in [3.63, 3.8) is 0 Å². The fourth-order valence-electron chi connectivity index (χ4n) is 1.09. The van der Waals surface area contributed by atoms with Gasteiger partial charge < -0.3 is 15.5 Å². The van der Waals surface area contributed by atoms with Crippen LogP contribution < -0.4 is 5.32 Å². The van der Waals surface area contributed by atoms with Gasteiger partial charge in [-0.15, -0.1) is 0 Å². The largest absolute Gasteiger partial charge is 0.394 e. The van der Waals surface area contributed by atoms with Crippen LogP contribution in [0, 0.1) is 5.82 Å². The molecule has 1 rings (SSSR count). The summed E-state index contributed by atoms with van der Waals surface area (Å²) in [6.45, 7) is 0.512. The number of rotatable bonds is 5. The van der Waals surface area contributed by atoms with E-state index in [-0.39, 0.29) is 12.4 Å². The first-order valence-corrected chi connectivity index (χ1v) is 4.46. The third-order valence-corrected chi connectivity index (χ3v) is 1.81. The SMILES string of the molecule is OC[C@@H](O)CNCc1cccc(F)c1. The molecule has 1 aromatic carbocycles. The number of halogens is 1. The second-order valence-corrected chi connectivity index (χ2v) is 3.10. The van der Waals surface area contributed by atoms with E-state index in [0.29, 0.717) is 13.1 Å². The van der Waals surface area contributed by atoms with Gasteiger partial charge in [0.15, 0.2) is 0 Å². The van der Waals surface area contributed by atoms with Crippen molar-refractivity contribution in [1.82, 2.24) is 5.32 Å². The Morgan fingerprint density at radius 3 is 2.86 bits per heavy atom. The van der Waals surface area contributed by atoms with Crippen molar-refractivity contribution in [1.29, 1.82) is 0 Å². The van der Waals surface area contributed by atoms with E-state index in [2.05, 4.69) is 5.32 Å². The van der Waals surface area contributed by atoms with Gasteiger partial charge in [0.2, 0.25) is 0 Å². The van der Waals surface area contributed by atoms with Gasteiger partial charge in [-0.05, 0) is 17.7 Å². The van der Waals surface area contributed by atoms with Crippen LogP contribution in [0.15, 0.2) is 24.3 Å². The minimum atomic E-state index is -0.761. The highest BCUT2D eigenvalue weighted by atomic mass is 19.1. The maximum atomic E-state index is 12.7. The summed E-state index contributed by atoms with van der Waals surface area (Å²) < 4.78 is 12.7. The summed E-state index contributed by atoms with van der Waals surface area (Å²) in [7, 11) is 0. The fourth-order valence-corrected chi connectivity index (χ4v) is 1.09. The molecular formula is C10H14FNO2. The van der Waals surface area contributed by atoms with E-state index >= 15 is 0 Å². The summed E-state index contributed by atoms with van der Waals surface area (Å²) >= 11 is 0. The lowest BCUT2D eigenvalue weighted by molar-refractivity contribution is 0.0942. The Balaban J connectivity index is 2.31. The molecule has 0 saturated carbocycles. The van der Waals surface area contributed by atoms with Gasteiger partial charge in [-0.1, -0.05) is 12.1 Å². The van der Waals surface area contributed by atoms with Crippen LogP contribution in [0.3, 0.4) is 0 Å². The van der Waals surface area contributed by atoms with Gasteiger partial charge >= 0.3 is 0 Å². The molecule has 0 saturated heterocycles. The van der Waals surface area contributed by atoms with E-state index in [0.717, 1.165) is 5.56 Å². The highest BCUT2D eigenvalue weighted by molar-refractivity contribution is 5.15. The van der Waals surface area contributed by atoms with Gasteiger partial charge in [-0.3, -0.25) is 0 Å². The van der Waals surface area contributed by atoms with Crippen molar-refractivity contribution in [2.24, 2.45) is 0 Å². The second kappa shape index (κ2) is 5.70. The molecule has 0 amide bonds. The van der Waals surface area contributed by atoms with Crippen LogP contribution in [0.1, 0.15) is 5.56 Å². The van der Waals surface area contributed by atoms with Gasteiger partial charge in [0.1, 0.15) is 5.82 Å². The molecule has 0 aliphatic heterocycles. The fraction of sp³-hybridized carbons (Fsp3) is 0.400. The van der Waals surface area contributed by atoms with Gasteiger partial charge in [0.25, 0.3) is 0 Å². The highest BCUT2D eigenvalue weighted by Gasteiger charge is 2.00. The lowest BCUT2D eigenvalue weighted by Gasteiger charge is -2.08. The zero-order chi connectivity index (χ0) is 10.4. The maximum Gasteiger partial charge on any atom is 0.123 e. The Morgan fingerprint density at radius 1 is 1.43 bits per heavy atom. The van der Waals surface area contributed by atoms with Crippen molar-refractivity contribution in [3.8, 4) is 0 Å². The minimum absolute atomic E-state index is 0.268. The Kier molecular flexibility index (Phi) is 4.52. The number of aliphatic hydroxyl groups is 2. The number of aliphatic hydroxyl groups excluding tert-OH is 2. The average Bonchev–Trinajstić information content (AvgIpc) is 2.17. The third-order valence-electron chi connectivity index (χ3n) is 1.81. The predicted molar refractivity (Wildman–Crippen MR) is 51.2 cm³/mol. The van der Waals surface area contributed by atoms with Crippen molar-refractivity contribution in [2.75, 3.05) is 13.2 Å². The van der Waals surface area contributed by atoms with Crippen LogP contribution in [-0.4, -0.2) is 29.5 Å². The van der Waals surface area contributed by atoms with Crippen LogP contribution in [0.4, 0.5) is 4.39 Å². The van der Waals surface area contributed by atoms with E-state index in [9.17, 15) is 4.39 Å². The molecule has 1 aromatic rings. The molecule has 0 heterocycles. The first-order chi connectivity index (χ1) is 6.72. The predicted octanol–water partition coefficient (Wildman–Crippen LogP) is 0.268. The summed E-state index contributed by atoms with van der Waals surface area (Å²) in [5.74, 6) is -0.271. The smallest absolute Gasteiger partial charge is 0.123 e. The Bertz CT molecular complexity index is 281. The molecule has 4 heteroatoms. The molecule has 0 aliphatic carbocycles. The molecule has 78 valence electrons. The van der Waals surface area contributed by atoms with Crippen molar-refractivity contribution in [3.05, 3.63) is 35.6 Å². The van der Waals surface area contributed by atoms with E-state index < -0.39 is 6.10 Å². The first-order valence-electron chi connectivity index (χ1n) is 4.46. The molecule has 0 aromatic heterocycles. The Morgan fingerprint density at radius 2 is 2.21 bits per heavy atom. The van der Waals surface area contributed by atoms with E-state index in [1.54, 1.807) is 12.1 Å². The third kappa shape index (κ3) is 3.83. The van der Waals surface area contributed by atoms with Crippen LogP contribution in [0.5, 0.6) is 0 Å². The van der Waals surface area contributed by atoms with Crippen LogP contribution in [0.25, 0.3) is 0 Å². The standard InChI is InChI=1S/C10H14FNO2/c11-9-3-1-2-8(4-9)5-12-6-10(14)7-13/h1-4,10,12-14H,5-7H2/t10-/m0/s1. The van der Waals surface area contributed by atoms with Crippen LogP contribution >= 0.6 is 0 Å². The van der Waals surface area contributed by atoms with Crippen molar-refractivity contribution >= 4 is 0 Å².